The first-order chi connectivity index (χ1) is 10.2. The van der Waals surface area contributed by atoms with Crippen LogP contribution in [-0.2, 0) is 4.79 Å². The Balaban J connectivity index is 1.59. The number of hydrogen-bond donors (Lipinski definition) is 1. The van der Waals surface area contributed by atoms with Crippen LogP contribution in [0.4, 0.5) is 5.69 Å². The lowest BCUT2D eigenvalue weighted by Gasteiger charge is -2.30. The minimum atomic E-state index is 0.204. The molecule has 1 saturated heterocycles. The van der Waals surface area contributed by atoms with E-state index in [1.54, 1.807) is 0 Å². The van der Waals surface area contributed by atoms with Gasteiger partial charge in [0.05, 0.1) is 6.54 Å². The van der Waals surface area contributed by atoms with Gasteiger partial charge >= 0.3 is 0 Å². The van der Waals surface area contributed by atoms with Crippen LogP contribution in [0.25, 0.3) is 10.8 Å². The molecule has 3 heteroatoms. The fourth-order valence-electron chi connectivity index (χ4n) is 2.85. The van der Waals surface area contributed by atoms with Crippen LogP contribution >= 0.6 is 0 Å². The van der Waals surface area contributed by atoms with E-state index < -0.39 is 0 Å². The first-order valence-electron chi connectivity index (χ1n) is 7.73. The molecule has 0 aromatic heterocycles. The molecule has 0 bridgehead atoms. The molecule has 3 rings (SSSR count). The summed E-state index contributed by atoms with van der Waals surface area (Å²) in [6, 6.07) is 14.5. The van der Waals surface area contributed by atoms with Gasteiger partial charge in [0, 0.05) is 18.8 Å². The van der Waals surface area contributed by atoms with Crippen LogP contribution in [0.5, 0.6) is 0 Å². The molecule has 1 amide bonds. The van der Waals surface area contributed by atoms with E-state index in [2.05, 4.69) is 36.5 Å². The van der Waals surface area contributed by atoms with Gasteiger partial charge in [0.2, 0.25) is 5.91 Å². The zero-order valence-corrected chi connectivity index (χ0v) is 12.5. The Morgan fingerprint density at radius 2 is 1.86 bits per heavy atom. The SMILES string of the molecule is CC1CCN(C(=O)CNc2ccc3ccccc3c2)CC1. The third-order valence-electron chi connectivity index (χ3n) is 4.33. The van der Waals surface area contributed by atoms with Crippen molar-refractivity contribution in [1.82, 2.24) is 4.90 Å². The molecular formula is C18H22N2O. The van der Waals surface area contributed by atoms with Crippen LogP contribution in [0.1, 0.15) is 19.8 Å². The van der Waals surface area contributed by atoms with Crippen LogP contribution in [0, 0.1) is 5.92 Å². The second-order valence-corrected chi connectivity index (χ2v) is 5.98. The van der Waals surface area contributed by atoms with Crippen LogP contribution in [0.2, 0.25) is 0 Å². The lowest BCUT2D eigenvalue weighted by atomic mass is 9.99. The summed E-state index contributed by atoms with van der Waals surface area (Å²) < 4.78 is 0. The summed E-state index contributed by atoms with van der Waals surface area (Å²) in [7, 11) is 0. The Bertz CT molecular complexity index is 630. The lowest BCUT2D eigenvalue weighted by molar-refractivity contribution is -0.130. The zero-order valence-electron chi connectivity index (χ0n) is 12.5. The van der Waals surface area contributed by atoms with E-state index in [9.17, 15) is 4.79 Å². The summed E-state index contributed by atoms with van der Waals surface area (Å²) >= 11 is 0. The van der Waals surface area contributed by atoms with E-state index in [1.807, 2.05) is 23.1 Å². The first-order valence-corrected chi connectivity index (χ1v) is 7.73. The number of rotatable bonds is 3. The highest BCUT2D eigenvalue weighted by molar-refractivity contribution is 5.87. The third kappa shape index (κ3) is 3.35. The van der Waals surface area contributed by atoms with Crippen molar-refractivity contribution in [3.8, 4) is 0 Å². The van der Waals surface area contributed by atoms with Crippen LogP contribution < -0.4 is 5.32 Å². The molecule has 1 aliphatic heterocycles. The standard InChI is InChI=1S/C18H22N2O/c1-14-8-10-20(11-9-14)18(21)13-19-17-7-6-15-4-2-3-5-16(15)12-17/h2-7,12,14,19H,8-11,13H2,1H3. The van der Waals surface area contributed by atoms with Crippen molar-refractivity contribution in [2.24, 2.45) is 5.92 Å². The van der Waals surface area contributed by atoms with Gasteiger partial charge < -0.3 is 10.2 Å². The summed E-state index contributed by atoms with van der Waals surface area (Å²) in [5.41, 5.74) is 1.01. The Morgan fingerprint density at radius 1 is 1.14 bits per heavy atom. The van der Waals surface area contributed by atoms with Crippen molar-refractivity contribution >= 4 is 22.4 Å². The van der Waals surface area contributed by atoms with Crippen molar-refractivity contribution in [2.75, 3.05) is 25.0 Å². The van der Waals surface area contributed by atoms with Gasteiger partial charge in [0.1, 0.15) is 0 Å². The van der Waals surface area contributed by atoms with E-state index in [4.69, 9.17) is 0 Å². The summed E-state index contributed by atoms with van der Waals surface area (Å²) in [5, 5.41) is 5.67. The minimum Gasteiger partial charge on any atom is -0.376 e. The van der Waals surface area contributed by atoms with Crippen molar-refractivity contribution in [2.45, 2.75) is 19.8 Å². The maximum absolute atomic E-state index is 12.2. The molecule has 2 aromatic carbocycles. The van der Waals surface area contributed by atoms with Crippen molar-refractivity contribution in [3.05, 3.63) is 42.5 Å². The van der Waals surface area contributed by atoms with Crippen molar-refractivity contribution < 1.29 is 4.79 Å². The molecule has 21 heavy (non-hydrogen) atoms. The van der Waals surface area contributed by atoms with Crippen molar-refractivity contribution in [1.29, 1.82) is 0 Å². The Morgan fingerprint density at radius 3 is 2.62 bits per heavy atom. The highest BCUT2D eigenvalue weighted by Gasteiger charge is 2.19. The molecular weight excluding hydrogens is 260 g/mol. The largest absolute Gasteiger partial charge is 0.376 e. The molecule has 1 fully saturated rings. The average molecular weight is 282 g/mol. The number of nitrogens with one attached hydrogen (secondary N) is 1. The Labute approximate surface area is 125 Å². The lowest BCUT2D eigenvalue weighted by Crippen LogP contribution is -2.40. The maximum Gasteiger partial charge on any atom is 0.241 e. The molecule has 1 N–H and O–H groups in total. The van der Waals surface area contributed by atoms with Gasteiger partial charge in [-0.05, 0) is 41.7 Å². The topological polar surface area (TPSA) is 32.3 Å². The monoisotopic (exact) mass is 282 g/mol. The smallest absolute Gasteiger partial charge is 0.241 e. The molecule has 110 valence electrons. The van der Waals surface area contributed by atoms with Crippen LogP contribution in [-0.4, -0.2) is 30.4 Å². The number of carbonyl (C=O) groups is 1. The molecule has 0 aliphatic carbocycles. The summed E-state index contributed by atoms with van der Waals surface area (Å²) in [6.07, 6.45) is 2.25. The quantitative estimate of drug-likeness (QED) is 0.934. The number of hydrogen-bond acceptors (Lipinski definition) is 2. The predicted octanol–water partition coefficient (Wildman–Crippen LogP) is 3.51. The second kappa shape index (κ2) is 6.17. The number of nitrogens with zero attached hydrogens (tertiary/aromatic N) is 1. The summed E-state index contributed by atoms with van der Waals surface area (Å²) in [5.74, 6) is 0.956. The van der Waals surface area contributed by atoms with E-state index in [0.717, 1.165) is 37.5 Å². The van der Waals surface area contributed by atoms with Gasteiger partial charge in [-0.1, -0.05) is 37.3 Å². The Kier molecular flexibility index (Phi) is 4.09. The molecule has 0 radical (unpaired) electrons. The first kappa shape index (κ1) is 13.9. The van der Waals surface area contributed by atoms with Gasteiger partial charge in [-0.15, -0.1) is 0 Å². The summed E-state index contributed by atoms with van der Waals surface area (Å²) in [4.78, 5) is 14.2. The fraction of sp³-hybridized carbons (Fsp3) is 0.389. The normalized spacial score (nSPS) is 16.1. The second-order valence-electron chi connectivity index (χ2n) is 5.98. The molecule has 0 saturated carbocycles. The van der Waals surface area contributed by atoms with Crippen LogP contribution in [0.15, 0.2) is 42.5 Å². The van der Waals surface area contributed by atoms with Gasteiger partial charge in [-0.3, -0.25) is 4.79 Å². The molecule has 1 heterocycles. The fourth-order valence-corrected chi connectivity index (χ4v) is 2.85. The van der Waals surface area contributed by atoms with Gasteiger partial charge in [-0.25, -0.2) is 0 Å². The number of benzene rings is 2. The van der Waals surface area contributed by atoms with Gasteiger partial charge in [0.25, 0.3) is 0 Å². The van der Waals surface area contributed by atoms with E-state index >= 15 is 0 Å². The highest BCUT2D eigenvalue weighted by atomic mass is 16.2. The molecule has 0 spiro atoms. The number of fused-ring (bicyclic) bond motifs is 1. The number of anilines is 1. The number of carbonyl (C=O) groups excluding carboxylic acids is 1. The molecule has 2 aromatic rings. The zero-order chi connectivity index (χ0) is 14.7. The number of likely N-dealkylation sites (tertiary alicyclic amines) is 1. The van der Waals surface area contributed by atoms with Gasteiger partial charge in [-0.2, -0.15) is 0 Å². The predicted molar refractivity (Wildman–Crippen MR) is 87.4 cm³/mol. The molecule has 1 aliphatic rings. The van der Waals surface area contributed by atoms with E-state index in [-0.39, 0.29) is 5.91 Å². The highest BCUT2D eigenvalue weighted by Crippen LogP contribution is 2.19. The van der Waals surface area contributed by atoms with Crippen molar-refractivity contribution in [3.63, 3.8) is 0 Å². The number of amides is 1. The van der Waals surface area contributed by atoms with Crippen LogP contribution in [0.3, 0.4) is 0 Å². The molecule has 3 nitrogen and oxygen atoms in total. The number of piperidine rings is 1. The average Bonchev–Trinajstić information content (AvgIpc) is 2.53. The minimum absolute atomic E-state index is 0.204. The Hall–Kier alpha value is -2.03. The van der Waals surface area contributed by atoms with Gasteiger partial charge in [0.15, 0.2) is 0 Å². The molecule has 0 atom stereocenters. The summed E-state index contributed by atoms with van der Waals surface area (Å²) in [6.45, 7) is 4.45. The molecule has 0 unspecified atom stereocenters. The van der Waals surface area contributed by atoms with E-state index in [0.29, 0.717) is 6.54 Å². The third-order valence-corrected chi connectivity index (χ3v) is 4.33. The van der Waals surface area contributed by atoms with E-state index in [1.165, 1.54) is 10.8 Å². The maximum atomic E-state index is 12.2.